The van der Waals surface area contributed by atoms with Crippen LogP contribution < -0.4 is 11.1 Å². The first-order valence-corrected chi connectivity index (χ1v) is 9.94. The van der Waals surface area contributed by atoms with Crippen LogP contribution in [-0.4, -0.2) is 11.0 Å². The van der Waals surface area contributed by atoms with Crippen molar-refractivity contribution in [2.45, 2.75) is 51.2 Å². The first-order chi connectivity index (χ1) is 12.3. The number of nitrogens with one attached hydrogen (secondary N) is 1. The third-order valence-electron chi connectivity index (χ3n) is 5.07. The summed E-state index contributed by atoms with van der Waals surface area (Å²) >= 11 is 1.66. The number of fused-ring (bicyclic) bond motifs is 1. The van der Waals surface area contributed by atoms with Crippen LogP contribution in [0.25, 0.3) is 0 Å². The van der Waals surface area contributed by atoms with E-state index in [1.54, 1.807) is 11.3 Å². The number of nitrogens with zero attached hydrogens (tertiary/aromatic N) is 2. The molecular weight excluding hydrogens is 332 g/mol. The molecule has 25 heavy (non-hydrogen) atoms. The van der Waals surface area contributed by atoms with Gasteiger partial charge in [0.15, 0.2) is 0 Å². The molecule has 1 aliphatic carbocycles. The second kappa shape index (κ2) is 7.44. The molecule has 2 aliphatic rings. The first kappa shape index (κ1) is 16.4. The SMILES string of the molecule is NC1=Nc2ccc(NCc3nccs3)cc2C(C2CCCCCC2)O1. The van der Waals surface area contributed by atoms with E-state index in [0.717, 1.165) is 28.5 Å². The van der Waals surface area contributed by atoms with Crippen LogP contribution in [0.5, 0.6) is 0 Å². The van der Waals surface area contributed by atoms with E-state index in [2.05, 4.69) is 27.4 Å². The van der Waals surface area contributed by atoms with Crippen LogP contribution in [0.3, 0.4) is 0 Å². The normalized spacial score (nSPS) is 21.0. The standard InChI is InChI=1S/C19H24N4OS/c20-19-23-16-8-7-14(22-12-17-21-9-10-25-17)11-15(16)18(24-19)13-5-3-1-2-4-6-13/h7-11,13,18,22H,1-6,12H2,(H2,20,23). The molecule has 4 rings (SSSR count). The van der Waals surface area contributed by atoms with Crippen LogP contribution in [-0.2, 0) is 11.3 Å². The van der Waals surface area contributed by atoms with Gasteiger partial charge in [-0.3, -0.25) is 0 Å². The topological polar surface area (TPSA) is 72.5 Å². The van der Waals surface area contributed by atoms with Crippen LogP contribution in [0.1, 0.15) is 55.2 Å². The Morgan fingerprint density at radius 1 is 1.20 bits per heavy atom. The average molecular weight is 356 g/mol. The Bertz CT molecular complexity index is 736. The third-order valence-corrected chi connectivity index (χ3v) is 5.85. The minimum atomic E-state index is 0.0206. The number of aromatic nitrogens is 1. The summed E-state index contributed by atoms with van der Waals surface area (Å²) < 4.78 is 6.00. The van der Waals surface area contributed by atoms with E-state index >= 15 is 0 Å². The van der Waals surface area contributed by atoms with Crippen molar-refractivity contribution >= 4 is 28.7 Å². The van der Waals surface area contributed by atoms with Gasteiger partial charge in [-0.15, -0.1) is 11.3 Å². The molecule has 1 atom stereocenters. The molecule has 1 fully saturated rings. The lowest BCUT2D eigenvalue weighted by atomic mass is 9.88. The number of benzene rings is 1. The van der Waals surface area contributed by atoms with Gasteiger partial charge in [0.1, 0.15) is 11.1 Å². The highest BCUT2D eigenvalue weighted by molar-refractivity contribution is 7.09. The fourth-order valence-corrected chi connectivity index (χ4v) is 4.37. The van der Waals surface area contributed by atoms with E-state index in [4.69, 9.17) is 10.5 Å². The van der Waals surface area contributed by atoms with Crippen molar-refractivity contribution in [2.24, 2.45) is 16.6 Å². The van der Waals surface area contributed by atoms with Crippen LogP contribution >= 0.6 is 11.3 Å². The van der Waals surface area contributed by atoms with E-state index < -0.39 is 0 Å². The number of aliphatic imine (C=N–C) groups is 1. The summed E-state index contributed by atoms with van der Waals surface area (Å²) in [6.07, 6.45) is 9.47. The van der Waals surface area contributed by atoms with Crippen molar-refractivity contribution in [2.75, 3.05) is 5.32 Å². The molecule has 1 aromatic carbocycles. The van der Waals surface area contributed by atoms with Crippen molar-refractivity contribution < 1.29 is 4.74 Å². The van der Waals surface area contributed by atoms with E-state index in [9.17, 15) is 0 Å². The first-order valence-electron chi connectivity index (χ1n) is 9.06. The largest absolute Gasteiger partial charge is 0.457 e. The Morgan fingerprint density at radius 2 is 2.04 bits per heavy atom. The summed E-state index contributed by atoms with van der Waals surface area (Å²) in [6, 6.07) is 6.57. The second-order valence-electron chi connectivity index (χ2n) is 6.79. The molecule has 6 heteroatoms. The van der Waals surface area contributed by atoms with E-state index in [-0.39, 0.29) is 6.10 Å². The molecule has 2 aromatic rings. The minimum Gasteiger partial charge on any atom is -0.457 e. The Balaban J connectivity index is 1.57. The Hall–Kier alpha value is -2.08. The maximum Gasteiger partial charge on any atom is 0.287 e. The number of hydrogen-bond acceptors (Lipinski definition) is 6. The Labute approximate surface area is 152 Å². The smallest absolute Gasteiger partial charge is 0.287 e. The van der Waals surface area contributed by atoms with E-state index in [0.29, 0.717) is 11.9 Å². The van der Waals surface area contributed by atoms with Crippen molar-refractivity contribution in [3.63, 3.8) is 0 Å². The molecule has 1 aliphatic heterocycles. The lowest BCUT2D eigenvalue weighted by Crippen LogP contribution is -2.27. The Kier molecular flexibility index (Phi) is 4.88. The summed E-state index contributed by atoms with van der Waals surface area (Å²) in [7, 11) is 0. The van der Waals surface area contributed by atoms with Crippen LogP contribution in [0.15, 0.2) is 34.8 Å². The van der Waals surface area contributed by atoms with Gasteiger partial charge in [-0.25, -0.2) is 4.98 Å². The molecule has 1 saturated carbocycles. The molecule has 1 aromatic heterocycles. The summed E-state index contributed by atoms with van der Waals surface area (Å²) in [6.45, 7) is 0.733. The third kappa shape index (κ3) is 3.79. The van der Waals surface area contributed by atoms with Crippen LogP contribution in [0.2, 0.25) is 0 Å². The molecule has 0 spiro atoms. The van der Waals surface area contributed by atoms with Crippen molar-refractivity contribution in [3.05, 3.63) is 40.3 Å². The van der Waals surface area contributed by atoms with Gasteiger partial charge in [-0.2, -0.15) is 4.99 Å². The lowest BCUT2D eigenvalue weighted by Gasteiger charge is -2.31. The number of ether oxygens (including phenoxy) is 1. The predicted octanol–water partition coefficient (Wildman–Crippen LogP) is 4.74. The maximum atomic E-state index is 6.00. The molecule has 0 amide bonds. The van der Waals surface area contributed by atoms with Crippen molar-refractivity contribution in [1.29, 1.82) is 0 Å². The van der Waals surface area contributed by atoms with Gasteiger partial charge in [-0.05, 0) is 31.0 Å². The Morgan fingerprint density at radius 3 is 2.80 bits per heavy atom. The monoisotopic (exact) mass is 356 g/mol. The van der Waals surface area contributed by atoms with E-state index in [1.807, 2.05) is 17.6 Å². The number of hydrogen-bond donors (Lipinski definition) is 2. The highest BCUT2D eigenvalue weighted by Gasteiger charge is 2.31. The summed E-state index contributed by atoms with van der Waals surface area (Å²) in [5.41, 5.74) is 9.13. The molecule has 2 heterocycles. The fraction of sp³-hybridized carbons (Fsp3) is 0.474. The average Bonchev–Trinajstić information content (AvgIpc) is 3.00. The molecule has 0 radical (unpaired) electrons. The van der Waals surface area contributed by atoms with Crippen molar-refractivity contribution in [3.8, 4) is 0 Å². The maximum absolute atomic E-state index is 6.00. The zero-order valence-corrected chi connectivity index (χ0v) is 15.1. The molecule has 0 bridgehead atoms. The molecule has 1 unspecified atom stereocenters. The molecule has 3 N–H and O–H groups in total. The van der Waals surface area contributed by atoms with Gasteiger partial charge in [-0.1, -0.05) is 25.7 Å². The lowest BCUT2D eigenvalue weighted by molar-refractivity contribution is 0.106. The number of anilines is 1. The number of rotatable bonds is 4. The van der Waals surface area contributed by atoms with Gasteiger partial charge in [0.25, 0.3) is 6.02 Å². The molecule has 5 nitrogen and oxygen atoms in total. The number of amidine groups is 1. The highest BCUT2D eigenvalue weighted by atomic mass is 32.1. The quantitative estimate of drug-likeness (QED) is 0.776. The summed E-state index contributed by atoms with van der Waals surface area (Å²) in [5, 5.41) is 6.53. The fourth-order valence-electron chi connectivity index (χ4n) is 3.81. The number of nitrogens with two attached hydrogens (primary N) is 1. The number of thiazole rings is 1. The molecular formula is C19H24N4OS. The predicted molar refractivity (Wildman–Crippen MR) is 102 cm³/mol. The van der Waals surface area contributed by atoms with Gasteiger partial charge in [0.05, 0.1) is 12.2 Å². The minimum absolute atomic E-state index is 0.0206. The van der Waals surface area contributed by atoms with Gasteiger partial charge in [0.2, 0.25) is 0 Å². The second-order valence-corrected chi connectivity index (χ2v) is 7.77. The zero-order valence-electron chi connectivity index (χ0n) is 14.3. The summed E-state index contributed by atoms with van der Waals surface area (Å²) in [5.74, 6) is 0.518. The van der Waals surface area contributed by atoms with Crippen LogP contribution in [0, 0.1) is 5.92 Å². The zero-order chi connectivity index (χ0) is 17.1. The molecule has 132 valence electrons. The highest BCUT2D eigenvalue weighted by Crippen LogP contribution is 2.42. The van der Waals surface area contributed by atoms with Gasteiger partial charge >= 0.3 is 0 Å². The van der Waals surface area contributed by atoms with Crippen molar-refractivity contribution in [1.82, 2.24) is 4.98 Å². The van der Waals surface area contributed by atoms with Gasteiger partial charge < -0.3 is 15.8 Å². The van der Waals surface area contributed by atoms with Crippen LogP contribution in [0.4, 0.5) is 11.4 Å². The molecule has 0 saturated heterocycles. The van der Waals surface area contributed by atoms with Gasteiger partial charge in [0, 0.05) is 28.7 Å². The summed E-state index contributed by atoms with van der Waals surface area (Å²) in [4.78, 5) is 8.72. The van der Waals surface area contributed by atoms with E-state index in [1.165, 1.54) is 38.5 Å².